The van der Waals surface area contributed by atoms with E-state index in [9.17, 15) is 18.0 Å². The Bertz CT molecular complexity index is 527. The van der Waals surface area contributed by atoms with E-state index in [-0.39, 0.29) is 17.4 Å². The number of rotatable bonds is 3. The molecular weight excluding hydrogens is 275 g/mol. The number of nitrogens with two attached hydrogens (primary N) is 1. The first-order chi connectivity index (χ1) is 9.11. The van der Waals surface area contributed by atoms with E-state index in [1.807, 2.05) is 0 Å². The molecule has 4 N–H and O–H groups in total. The summed E-state index contributed by atoms with van der Waals surface area (Å²) in [7, 11) is 0. The zero-order valence-electron chi connectivity index (χ0n) is 10.8. The van der Waals surface area contributed by atoms with Crippen molar-refractivity contribution < 1.29 is 22.7 Å². The summed E-state index contributed by atoms with van der Waals surface area (Å²) in [6.45, 7) is 3.25. The van der Waals surface area contributed by atoms with Gasteiger partial charge in [-0.3, -0.25) is 10.7 Å². The van der Waals surface area contributed by atoms with Crippen LogP contribution in [-0.4, -0.2) is 18.0 Å². The molecule has 0 spiro atoms. The number of alkyl halides is 3. The summed E-state index contributed by atoms with van der Waals surface area (Å²) in [4.78, 5) is 11.4. The summed E-state index contributed by atoms with van der Waals surface area (Å²) in [5, 5.41) is 9.53. The van der Waals surface area contributed by atoms with E-state index in [0.29, 0.717) is 6.07 Å². The monoisotopic (exact) mass is 289 g/mol. The van der Waals surface area contributed by atoms with Gasteiger partial charge < -0.3 is 10.5 Å². The van der Waals surface area contributed by atoms with Crippen LogP contribution in [0.3, 0.4) is 0 Å². The van der Waals surface area contributed by atoms with Crippen molar-refractivity contribution in [2.75, 3.05) is 5.32 Å². The summed E-state index contributed by atoms with van der Waals surface area (Å²) >= 11 is 0. The lowest BCUT2D eigenvalue weighted by Gasteiger charge is -2.14. The van der Waals surface area contributed by atoms with Crippen LogP contribution in [0.15, 0.2) is 18.2 Å². The standard InChI is InChI=1S/C12H14F3N3O2/c1-6(2)20-11(19)18-9-4-3-7(12(13,14)15)5-8(9)10(16)17/h3-6H,1-2H3,(H3,16,17)(H,18,19). The van der Waals surface area contributed by atoms with Crippen LogP contribution in [0.25, 0.3) is 0 Å². The molecule has 0 aliphatic rings. The lowest BCUT2D eigenvalue weighted by atomic mass is 10.1. The van der Waals surface area contributed by atoms with Gasteiger partial charge in [0.15, 0.2) is 0 Å². The molecule has 0 aromatic heterocycles. The lowest BCUT2D eigenvalue weighted by molar-refractivity contribution is -0.137. The van der Waals surface area contributed by atoms with Crippen molar-refractivity contribution in [1.29, 1.82) is 5.41 Å². The third-order valence-corrected chi connectivity index (χ3v) is 2.22. The molecule has 1 rings (SSSR count). The van der Waals surface area contributed by atoms with Crippen LogP contribution in [0, 0.1) is 5.41 Å². The molecule has 0 bridgehead atoms. The summed E-state index contributed by atoms with van der Waals surface area (Å²) < 4.78 is 42.5. The molecule has 20 heavy (non-hydrogen) atoms. The number of hydrogen-bond acceptors (Lipinski definition) is 3. The van der Waals surface area contributed by atoms with Crippen molar-refractivity contribution in [2.45, 2.75) is 26.1 Å². The number of anilines is 1. The van der Waals surface area contributed by atoms with E-state index >= 15 is 0 Å². The van der Waals surface area contributed by atoms with Crippen LogP contribution >= 0.6 is 0 Å². The Labute approximate surface area is 113 Å². The van der Waals surface area contributed by atoms with Gasteiger partial charge in [-0.05, 0) is 32.0 Å². The van der Waals surface area contributed by atoms with E-state index in [4.69, 9.17) is 15.9 Å². The fourth-order valence-electron chi connectivity index (χ4n) is 1.41. The summed E-state index contributed by atoms with van der Waals surface area (Å²) in [5.74, 6) is -0.587. The normalized spacial score (nSPS) is 11.3. The molecule has 0 aliphatic carbocycles. The number of benzene rings is 1. The van der Waals surface area contributed by atoms with E-state index < -0.39 is 23.7 Å². The lowest BCUT2D eigenvalue weighted by Crippen LogP contribution is -2.22. The number of carbonyl (C=O) groups excluding carboxylic acids is 1. The molecule has 0 radical (unpaired) electrons. The average Bonchev–Trinajstić information content (AvgIpc) is 2.26. The molecule has 0 aliphatic heterocycles. The highest BCUT2D eigenvalue weighted by Crippen LogP contribution is 2.31. The quantitative estimate of drug-likeness (QED) is 0.590. The van der Waals surface area contributed by atoms with E-state index in [1.165, 1.54) is 0 Å². The van der Waals surface area contributed by atoms with E-state index in [1.54, 1.807) is 13.8 Å². The van der Waals surface area contributed by atoms with Gasteiger partial charge in [-0.25, -0.2) is 4.79 Å². The SMILES string of the molecule is CC(C)OC(=O)Nc1ccc(C(F)(F)F)cc1C(=N)N. The highest BCUT2D eigenvalue weighted by atomic mass is 19.4. The van der Waals surface area contributed by atoms with E-state index in [0.717, 1.165) is 12.1 Å². The molecule has 0 unspecified atom stereocenters. The number of amidine groups is 1. The molecule has 0 saturated carbocycles. The largest absolute Gasteiger partial charge is 0.447 e. The van der Waals surface area contributed by atoms with Crippen molar-refractivity contribution in [2.24, 2.45) is 5.73 Å². The van der Waals surface area contributed by atoms with Gasteiger partial charge in [0.05, 0.1) is 17.4 Å². The van der Waals surface area contributed by atoms with Crippen LogP contribution in [-0.2, 0) is 10.9 Å². The number of amides is 1. The van der Waals surface area contributed by atoms with Crippen molar-refractivity contribution in [3.05, 3.63) is 29.3 Å². The van der Waals surface area contributed by atoms with Gasteiger partial charge in [0, 0.05) is 5.56 Å². The van der Waals surface area contributed by atoms with Crippen molar-refractivity contribution in [3.63, 3.8) is 0 Å². The predicted octanol–water partition coefficient (Wildman–Crippen LogP) is 2.95. The van der Waals surface area contributed by atoms with Gasteiger partial charge >= 0.3 is 12.3 Å². The average molecular weight is 289 g/mol. The molecule has 1 aromatic carbocycles. The first-order valence-electron chi connectivity index (χ1n) is 5.64. The Morgan fingerprint density at radius 3 is 2.45 bits per heavy atom. The molecular formula is C12H14F3N3O2. The fraction of sp³-hybridized carbons (Fsp3) is 0.333. The molecule has 0 saturated heterocycles. The zero-order valence-corrected chi connectivity index (χ0v) is 10.8. The molecule has 0 fully saturated rings. The maximum absolute atomic E-state index is 12.6. The number of halogens is 3. The zero-order chi connectivity index (χ0) is 15.5. The minimum Gasteiger partial charge on any atom is -0.447 e. The highest BCUT2D eigenvalue weighted by Gasteiger charge is 2.31. The Kier molecular flexibility index (Phi) is 4.59. The summed E-state index contributed by atoms with van der Waals surface area (Å²) in [5.41, 5.74) is 4.04. The fourth-order valence-corrected chi connectivity index (χ4v) is 1.41. The molecule has 0 heterocycles. The second-order valence-electron chi connectivity index (χ2n) is 4.25. The smallest absolute Gasteiger partial charge is 0.416 e. The van der Waals surface area contributed by atoms with Crippen LogP contribution in [0.2, 0.25) is 0 Å². The third-order valence-electron chi connectivity index (χ3n) is 2.22. The Balaban J connectivity index is 3.08. The summed E-state index contributed by atoms with van der Waals surface area (Å²) in [6, 6.07) is 2.52. The van der Waals surface area contributed by atoms with Crippen LogP contribution in [0.4, 0.5) is 23.7 Å². The molecule has 5 nitrogen and oxygen atoms in total. The van der Waals surface area contributed by atoms with Gasteiger partial charge in [0.2, 0.25) is 0 Å². The maximum Gasteiger partial charge on any atom is 0.416 e. The second kappa shape index (κ2) is 5.81. The van der Waals surface area contributed by atoms with Gasteiger partial charge in [-0.15, -0.1) is 0 Å². The van der Waals surface area contributed by atoms with Crippen molar-refractivity contribution in [1.82, 2.24) is 0 Å². The van der Waals surface area contributed by atoms with Gasteiger partial charge in [0.1, 0.15) is 5.84 Å². The number of hydrogen-bond donors (Lipinski definition) is 3. The number of carbonyl (C=O) groups is 1. The first-order valence-corrected chi connectivity index (χ1v) is 5.64. The van der Waals surface area contributed by atoms with Gasteiger partial charge in [-0.2, -0.15) is 13.2 Å². The van der Waals surface area contributed by atoms with Crippen LogP contribution in [0.1, 0.15) is 25.0 Å². The highest BCUT2D eigenvalue weighted by molar-refractivity contribution is 6.03. The molecule has 0 atom stereocenters. The molecule has 110 valence electrons. The minimum absolute atomic E-state index is 0.0175. The van der Waals surface area contributed by atoms with Gasteiger partial charge in [-0.1, -0.05) is 0 Å². The van der Waals surface area contributed by atoms with E-state index in [2.05, 4.69) is 5.32 Å². The second-order valence-corrected chi connectivity index (χ2v) is 4.25. The Morgan fingerprint density at radius 2 is 2.00 bits per heavy atom. The number of ether oxygens (including phenoxy) is 1. The Morgan fingerprint density at radius 1 is 1.40 bits per heavy atom. The predicted molar refractivity (Wildman–Crippen MR) is 67.7 cm³/mol. The number of nitrogens with one attached hydrogen (secondary N) is 2. The minimum atomic E-state index is -4.55. The first kappa shape index (κ1) is 15.8. The molecule has 1 amide bonds. The van der Waals surface area contributed by atoms with Crippen molar-refractivity contribution in [3.8, 4) is 0 Å². The number of nitrogen functional groups attached to an aromatic ring is 1. The van der Waals surface area contributed by atoms with Crippen LogP contribution in [0.5, 0.6) is 0 Å². The topological polar surface area (TPSA) is 88.2 Å². The third kappa shape index (κ3) is 4.15. The van der Waals surface area contributed by atoms with Crippen LogP contribution < -0.4 is 11.1 Å². The molecule has 1 aromatic rings. The maximum atomic E-state index is 12.6. The molecule has 8 heteroatoms. The van der Waals surface area contributed by atoms with Gasteiger partial charge in [0.25, 0.3) is 0 Å². The summed E-state index contributed by atoms with van der Waals surface area (Å²) in [6.07, 6.45) is -5.77. The van der Waals surface area contributed by atoms with Crippen molar-refractivity contribution >= 4 is 17.6 Å². The Hall–Kier alpha value is -2.25.